The van der Waals surface area contributed by atoms with Gasteiger partial charge in [0.25, 0.3) is 5.56 Å². The van der Waals surface area contributed by atoms with Gasteiger partial charge in [-0.1, -0.05) is 41.1 Å². The Kier molecular flexibility index (Phi) is 5.65. The van der Waals surface area contributed by atoms with Crippen LogP contribution in [0.15, 0.2) is 79.4 Å². The maximum atomic E-state index is 13.5. The molecular formula is C24H17ClN2O4S2. The van der Waals surface area contributed by atoms with E-state index >= 15 is 0 Å². The SMILES string of the molecule is COC(=O)C1=C(C)N=c2s/c(=C/c3ccc(-c4cccc(Cl)c4)o3)c(=O)n2[C@@H]1c1cccs1. The average molecular weight is 497 g/mol. The third kappa shape index (κ3) is 3.90. The monoisotopic (exact) mass is 496 g/mol. The van der Waals surface area contributed by atoms with Gasteiger partial charge in [-0.05, 0) is 42.6 Å². The molecule has 4 aromatic rings. The van der Waals surface area contributed by atoms with Crippen molar-refractivity contribution in [1.82, 2.24) is 4.57 Å². The van der Waals surface area contributed by atoms with Crippen LogP contribution in [0.5, 0.6) is 0 Å². The number of carbonyl (C=O) groups is 1. The van der Waals surface area contributed by atoms with Crippen molar-refractivity contribution >= 4 is 46.3 Å². The molecule has 166 valence electrons. The summed E-state index contributed by atoms with van der Waals surface area (Å²) in [6.45, 7) is 1.76. The number of esters is 1. The van der Waals surface area contributed by atoms with E-state index in [4.69, 9.17) is 20.8 Å². The smallest absolute Gasteiger partial charge is 0.338 e. The van der Waals surface area contributed by atoms with Crippen LogP contribution in [0, 0.1) is 0 Å². The van der Waals surface area contributed by atoms with Gasteiger partial charge in [-0.25, -0.2) is 9.79 Å². The van der Waals surface area contributed by atoms with Gasteiger partial charge in [0.1, 0.15) is 17.6 Å². The molecule has 5 rings (SSSR count). The van der Waals surface area contributed by atoms with E-state index in [0.717, 1.165) is 10.4 Å². The van der Waals surface area contributed by atoms with Crippen LogP contribution in [0.25, 0.3) is 17.4 Å². The zero-order valence-electron chi connectivity index (χ0n) is 17.6. The number of thiophene rings is 1. The number of carbonyl (C=O) groups excluding carboxylic acids is 1. The molecule has 9 heteroatoms. The highest BCUT2D eigenvalue weighted by atomic mass is 35.5. The molecule has 1 aliphatic rings. The van der Waals surface area contributed by atoms with Crippen LogP contribution in [-0.2, 0) is 9.53 Å². The third-order valence-electron chi connectivity index (χ3n) is 5.25. The summed E-state index contributed by atoms with van der Waals surface area (Å²) in [6, 6.07) is 14.2. The maximum Gasteiger partial charge on any atom is 0.338 e. The molecule has 6 nitrogen and oxygen atoms in total. The molecule has 0 fully saturated rings. The van der Waals surface area contributed by atoms with Crippen molar-refractivity contribution in [2.75, 3.05) is 7.11 Å². The molecule has 1 aliphatic heterocycles. The molecule has 0 N–H and O–H groups in total. The minimum atomic E-state index is -0.588. The summed E-state index contributed by atoms with van der Waals surface area (Å²) in [4.78, 5) is 32.0. The lowest BCUT2D eigenvalue weighted by Crippen LogP contribution is -2.39. The van der Waals surface area contributed by atoms with Crippen LogP contribution in [0.4, 0.5) is 0 Å². The van der Waals surface area contributed by atoms with Crippen molar-refractivity contribution in [3.05, 3.63) is 101 Å². The molecule has 0 saturated heterocycles. The number of halogens is 1. The number of fused-ring (bicyclic) bond motifs is 1. The largest absolute Gasteiger partial charge is 0.466 e. The van der Waals surface area contributed by atoms with E-state index in [1.54, 1.807) is 29.7 Å². The first kappa shape index (κ1) is 21.6. The molecule has 0 bridgehead atoms. The lowest BCUT2D eigenvalue weighted by molar-refractivity contribution is -0.136. The number of furan rings is 1. The van der Waals surface area contributed by atoms with Crippen molar-refractivity contribution in [3.8, 4) is 11.3 Å². The summed E-state index contributed by atoms with van der Waals surface area (Å²) < 4.78 is 13.0. The van der Waals surface area contributed by atoms with Crippen molar-refractivity contribution < 1.29 is 13.9 Å². The quantitative estimate of drug-likeness (QED) is 0.393. The molecule has 1 aromatic carbocycles. The van der Waals surface area contributed by atoms with Crippen LogP contribution in [0.3, 0.4) is 0 Å². The van der Waals surface area contributed by atoms with E-state index in [9.17, 15) is 9.59 Å². The maximum absolute atomic E-state index is 13.5. The van der Waals surface area contributed by atoms with Crippen LogP contribution in [0.1, 0.15) is 23.6 Å². The van der Waals surface area contributed by atoms with Crippen LogP contribution in [-0.4, -0.2) is 17.6 Å². The number of hydrogen-bond donors (Lipinski definition) is 0. The normalized spacial score (nSPS) is 16.0. The summed E-state index contributed by atoms with van der Waals surface area (Å²) in [5, 5.41) is 2.53. The fourth-order valence-electron chi connectivity index (χ4n) is 3.77. The van der Waals surface area contributed by atoms with E-state index in [1.165, 1.54) is 29.8 Å². The molecule has 0 unspecified atom stereocenters. The number of nitrogens with zero attached hydrogens (tertiary/aromatic N) is 2. The minimum absolute atomic E-state index is 0.244. The molecule has 1 atom stereocenters. The number of methoxy groups -OCH3 is 1. The second-order valence-corrected chi connectivity index (χ2v) is 9.73. The topological polar surface area (TPSA) is 73.8 Å². The highest BCUT2D eigenvalue weighted by Crippen LogP contribution is 2.33. The van der Waals surface area contributed by atoms with E-state index in [1.807, 2.05) is 41.8 Å². The Morgan fingerprint density at radius 1 is 1.24 bits per heavy atom. The molecule has 0 spiro atoms. The molecule has 0 amide bonds. The predicted molar refractivity (Wildman–Crippen MR) is 129 cm³/mol. The number of hydrogen-bond acceptors (Lipinski definition) is 7. The first-order valence-corrected chi connectivity index (χ1v) is 12.0. The average Bonchev–Trinajstić information content (AvgIpc) is 3.55. The van der Waals surface area contributed by atoms with Crippen LogP contribution < -0.4 is 14.9 Å². The lowest BCUT2D eigenvalue weighted by atomic mass is 10.0. The number of allylic oxidation sites excluding steroid dienone is 1. The van der Waals surface area contributed by atoms with Crippen LogP contribution in [0.2, 0.25) is 5.02 Å². The number of aromatic nitrogens is 1. The Hall–Kier alpha value is -3.20. The second-order valence-electron chi connectivity index (χ2n) is 7.30. The Morgan fingerprint density at radius 3 is 2.82 bits per heavy atom. The number of rotatable bonds is 4. The van der Waals surface area contributed by atoms with Gasteiger partial charge >= 0.3 is 5.97 Å². The van der Waals surface area contributed by atoms with Crippen LogP contribution >= 0.6 is 34.3 Å². The summed E-state index contributed by atoms with van der Waals surface area (Å²) in [5.74, 6) is 0.685. The molecule has 33 heavy (non-hydrogen) atoms. The molecule has 0 aliphatic carbocycles. The number of ether oxygens (including phenoxy) is 1. The van der Waals surface area contributed by atoms with Gasteiger partial charge in [-0.15, -0.1) is 11.3 Å². The van der Waals surface area contributed by atoms with E-state index in [-0.39, 0.29) is 5.56 Å². The van der Waals surface area contributed by atoms with Gasteiger partial charge in [-0.2, -0.15) is 0 Å². The van der Waals surface area contributed by atoms with E-state index in [0.29, 0.717) is 37.1 Å². The number of thiazole rings is 1. The van der Waals surface area contributed by atoms with Crippen molar-refractivity contribution in [2.45, 2.75) is 13.0 Å². The Balaban J connectivity index is 1.63. The lowest BCUT2D eigenvalue weighted by Gasteiger charge is -2.22. The fraction of sp³-hybridized carbons (Fsp3) is 0.125. The fourth-order valence-corrected chi connectivity index (χ4v) is 5.81. The molecule has 3 aromatic heterocycles. The standard InChI is InChI=1S/C24H17ClN2O4S2/c1-13-20(23(29)30-2)21(18-7-4-10-32-18)27-22(28)19(33-24(27)26-13)12-16-8-9-17(31-16)14-5-3-6-15(25)11-14/h3-12,21H,1-2H3/b19-12+/t21-/m1/s1. The van der Waals surface area contributed by atoms with Crippen molar-refractivity contribution in [2.24, 2.45) is 4.99 Å². The predicted octanol–water partition coefficient (Wildman–Crippen LogP) is 4.38. The minimum Gasteiger partial charge on any atom is -0.466 e. The van der Waals surface area contributed by atoms with Crippen molar-refractivity contribution in [1.29, 1.82) is 0 Å². The Labute approximate surface area is 201 Å². The Bertz CT molecular complexity index is 1570. The highest BCUT2D eigenvalue weighted by molar-refractivity contribution is 7.10. The van der Waals surface area contributed by atoms with Gasteiger partial charge < -0.3 is 9.15 Å². The summed E-state index contributed by atoms with van der Waals surface area (Å²) >= 11 is 8.81. The molecule has 4 heterocycles. The zero-order chi connectivity index (χ0) is 23.1. The Morgan fingerprint density at radius 2 is 2.09 bits per heavy atom. The molecule has 0 saturated carbocycles. The van der Waals surface area contributed by atoms with E-state index < -0.39 is 12.0 Å². The first-order valence-electron chi connectivity index (χ1n) is 9.96. The first-order chi connectivity index (χ1) is 16.0. The van der Waals surface area contributed by atoms with E-state index in [2.05, 4.69) is 4.99 Å². The van der Waals surface area contributed by atoms with Gasteiger partial charge in [0.15, 0.2) is 4.80 Å². The zero-order valence-corrected chi connectivity index (χ0v) is 20.0. The third-order valence-corrected chi connectivity index (χ3v) is 7.39. The summed E-state index contributed by atoms with van der Waals surface area (Å²) in [7, 11) is 1.33. The second kappa shape index (κ2) is 8.62. The number of benzene rings is 1. The molecular weight excluding hydrogens is 480 g/mol. The van der Waals surface area contributed by atoms with Crippen molar-refractivity contribution in [3.63, 3.8) is 0 Å². The van der Waals surface area contributed by atoms with Gasteiger partial charge in [0.05, 0.1) is 22.9 Å². The molecule has 0 radical (unpaired) electrons. The highest BCUT2D eigenvalue weighted by Gasteiger charge is 2.33. The van der Waals surface area contributed by atoms with Gasteiger partial charge in [-0.3, -0.25) is 9.36 Å². The summed E-state index contributed by atoms with van der Waals surface area (Å²) in [5.41, 5.74) is 1.50. The van der Waals surface area contributed by atoms with Gasteiger partial charge in [0, 0.05) is 21.5 Å². The van der Waals surface area contributed by atoms with Gasteiger partial charge in [0.2, 0.25) is 0 Å². The summed E-state index contributed by atoms with van der Waals surface area (Å²) in [6.07, 6.45) is 1.69.